The number of rotatable bonds is 4. The van der Waals surface area contributed by atoms with Crippen LogP contribution in [0.3, 0.4) is 0 Å². The second-order valence-corrected chi connectivity index (χ2v) is 5.57. The smallest absolute Gasteiger partial charge is 0.338 e. The fourth-order valence-corrected chi connectivity index (χ4v) is 2.51. The van der Waals surface area contributed by atoms with Crippen LogP contribution in [-0.4, -0.2) is 12.6 Å². The second kappa shape index (κ2) is 6.56. The maximum Gasteiger partial charge on any atom is 0.338 e. The van der Waals surface area contributed by atoms with Crippen LogP contribution in [0, 0.1) is 12.8 Å². The molecular weight excluding hydrogens is 248 g/mol. The molecule has 0 saturated carbocycles. The molecule has 0 fully saturated rings. The number of carbonyl (C=O) groups excluding carboxylic acids is 1. The standard InChI is InChI=1S/C18H22O2/c1-13(2)16-10-8-15(9-11-16)12-20-18(19)17-7-5-4-6-14(17)3/h4-8,16H,1,9-12H2,2-3H3/t16-/m1/s1. The lowest BCUT2D eigenvalue weighted by atomic mass is 9.86. The Hall–Kier alpha value is -1.83. The number of hydrogen-bond acceptors (Lipinski definition) is 2. The van der Waals surface area contributed by atoms with E-state index in [1.165, 1.54) is 11.1 Å². The van der Waals surface area contributed by atoms with E-state index in [0.717, 1.165) is 24.8 Å². The van der Waals surface area contributed by atoms with Gasteiger partial charge < -0.3 is 4.74 Å². The Morgan fingerprint density at radius 3 is 2.75 bits per heavy atom. The van der Waals surface area contributed by atoms with Crippen LogP contribution in [0.25, 0.3) is 0 Å². The predicted octanol–water partition coefficient (Wildman–Crippen LogP) is 4.45. The molecule has 2 nitrogen and oxygen atoms in total. The average molecular weight is 270 g/mol. The van der Waals surface area contributed by atoms with Gasteiger partial charge >= 0.3 is 5.97 Å². The molecule has 0 amide bonds. The van der Waals surface area contributed by atoms with Crippen LogP contribution in [0.15, 0.2) is 48.1 Å². The van der Waals surface area contributed by atoms with Crippen molar-refractivity contribution in [3.8, 4) is 0 Å². The third kappa shape index (κ3) is 3.60. The number of esters is 1. The molecule has 0 aromatic heterocycles. The first-order valence-corrected chi connectivity index (χ1v) is 7.14. The number of benzene rings is 1. The summed E-state index contributed by atoms with van der Waals surface area (Å²) in [6.45, 7) is 8.44. The minimum Gasteiger partial charge on any atom is -0.458 e. The fourth-order valence-electron chi connectivity index (χ4n) is 2.51. The molecule has 1 aliphatic carbocycles. The number of ether oxygens (including phenoxy) is 1. The highest BCUT2D eigenvalue weighted by molar-refractivity contribution is 5.91. The molecule has 2 heteroatoms. The van der Waals surface area contributed by atoms with Crippen LogP contribution >= 0.6 is 0 Å². The third-order valence-electron chi connectivity index (χ3n) is 3.96. The summed E-state index contributed by atoms with van der Waals surface area (Å²) < 4.78 is 5.41. The van der Waals surface area contributed by atoms with Gasteiger partial charge in [0.25, 0.3) is 0 Å². The molecule has 1 aromatic carbocycles. The van der Waals surface area contributed by atoms with Crippen molar-refractivity contribution < 1.29 is 9.53 Å². The van der Waals surface area contributed by atoms with Crippen molar-refractivity contribution in [3.63, 3.8) is 0 Å². The van der Waals surface area contributed by atoms with Gasteiger partial charge in [-0.1, -0.05) is 36.4 Å². The number of carbonyl (C=O) groups is 1. The molecule has 0 N–H and O–H groups in total. The molecule has 1 atom stereocenters. The van der Waals surface area contributed by atoms with Gasteiger partial charge in [-0.3, -0.25) is 0 Å². The monoisotopic (exact) mass is 270 g/mol. The van der Waals surface area contributed by atoms with E-state index in [2.05, 4.69) is 19.6 Å². The van der Waals surface area contributed by atoms with Gasteiger partial charge in [0.1, 0.15) is 6.61 Å². The van der Waals surface area contributed by atoms with Crippen molar-refractivity contribution in [2.24, 2.45) is 5.92 Å². The zero-order valence-corrected chi connectivity index (χ0v) is 12.3. The second-order valence-electron chi connectivity index (χ2n) is 5.57. The molecule has 1 aliphatic rings. The minimum absolute atomic E-state index is 0.231. The molecule has 0 radical (unpaired) electrons. The van der Waals surface area contributed by atoms with Gasteiger partial charge in [-0.15, -0.1) is 0 Å². The van der Waals surface area contributed by atoms with E-state index in [4.69, 9.17) is 4.74 Å². The van der Waals surface area contributed by atoms with Crippen LogP contribution in [0.4, 0.5) is 0 Å². The van der Waals surface area contributed by atoms with E-state index in [1.54, 1.807) is 0 Å². The fraction of sp³-hybridized carbons (Fsp3) is 0.389. The van der Waals surface area contributed by atoms with Crippen molar-refractivity contribution in [1.82, 2.24) is 0 Å². The highest BCUT2D eigenvalue weighted by Gasteiger charge is 2.16. The summed E-state index contributed by atoms with van der Waals surface area (Å²) >= 11 is 0. The van der Waals surface area contributed by atoms with Gasteiger partial charge in [0.2, 0.25) is 0 Å². The van der Waals surface area contributed by atoms with Crippen LogP contribution in [0.5, 0.6) is 0 Å². The Kier molecular flexibility index (Phi) is 4.78. The van der Waals surface area contributed by atoms with E-state index in [9.17, 15) is 4.79 Å². The molecule has 20 heavy (non-hydrogen) atoms. The van der Waals surface area contributed by atoms with Gasteiger partial charge in [0, 0.05) is 0 Å². The molecule has 0 aliphatic heterocycles. The Labute approximate surface area is 121 Å². The highest BCUT2D eigenvalue weighted by atomic mass is 16.5. The van der Waals surface area contributed by atoms with Crippen LogP contribution in [0.1, 0.15) is 42.1 Å². The summed E-state index contributed by atoms with van der Waals surface area (Å²) in [7, 11) is 0. The van der Waals surface area contributed by atoms with E-state index in [1.807, 2.05) is 31.2 Å². The lowest BCUT2D eigenvalue weighted by molar-refractivity contribution is 0.0534. The summed E-state index contributed by atoms with van der Waals surface area (Å²) in [5.74, 6) is 0.358. The maximum absolute atomic E-state index is 12.0. The van der Waals surface area contributed by atoms with Crippen molar-refractivity contribution in [1.29, 1.82) is 0 Å². The molecular formula is C18H22O2. The molecule has 106 valence electrons. The van der Waals surface area contributed by atoms with Crippen molar-refractivity contribution in [3.05, 3.63) is 59.2 Å². The summed E-state index contributed by atoms with van der Waals surface area (Å²) in [6, 6.07) is 7.52. The van der Waals surface area contributed by atoms with Crippen LogP contribution < -0.4 is 0 Å². The van der Waals surface area contributed by atoms with Gasteiger partial charge in [0.15, 0.2) is 0 Å². The lowest BCUT2D eigenvalue weighted by Gasteiger charge is -2.22. The predicted molar refractivity (Wildman–Crippen MR) is 81.7 cm³/mol. The first kappa shape index (κ1) is 14.6. The van der Waals surface area contributed by atoms with Gasteiger partial charge in [-0.25, -0.2) is 4.79 Å². The average Bonchev–Trinajstić information content (AvgIpc) is 2.45. The van der Waals surface area contributed by atoms with E-state index >= 15 is 0 Å². The van der Waals surface area contributed by atoms with Gasteiger partial charge in [-0.2, -0.15) is 0 Å². The topological polar surface area (TPSA) is 26.3 Å². The highest BCUT2D eigenvalue weighted by Crippen LogP contribution is 2.28. The van der Waals surface area contributed by atoms with E-state index in [-0.39, 0.29) is 5.97 Å². The number of aryl methyl sites for hydroxylation is 1. The van der Waals surface area contributed by atoms with Crippen molar-refractivity contribution >= 4 is 5.97 Å². The molecule has 0 heterocycles. The van der Waals surface area contributed by atoms with Crippen molar-refractivity contribution in [2.45, 2.75) is 33.1 Å². The zero-order chi connectivity index (χ0) is 14.5. The number of allylic oxidation sites excluding steroid dienone is 2. The lowest BCUT2D eigenvalue weighted by Crippen LogP contribution is -2.13. The summed E-state index contributed by atoms with van der Waals surface area (Å²) in [6.07, 6.45) is 5.34. The van der Waals surface area contributed by atoms with Crippen LogP contribution in [0.2, 0.25) is 0 Å². The first-order valence-electron chi connectivity index (χ1n) is 7.14. The Bertz CT molecular complexity index is 540. The SMILES string of the molecule is C=C(C)[C@@H]1CC=C(COC(=O)c2ccccc2C)CC1. The summed E-state index contributed by atoms with van der Waals surface area (Å²) in [5.41, 5.74) is 4.09. The van der Waals surface area contributed by atoms with E-state index < -0.39 is 0 Å². The summed E-state index contributed by atoms with van der Waals surface area (Å²) in [4.78, 5) is 12.0. The molecule has 0 bridgehead atoms. The molecule has 1 aromatic rings. The molecule has 0 saturated heterocycles. The first-order chi connectivity index (χ1) is 9.58. The third-order valence-corrected chi connectivity index (χ3v) is 3.96. The Morgan fingerprint density at radius 2 is 2.15 bits per heavy atom. The molecule has 0 unspecified atom stereocenters. The molecule has 2 rings (SSSR count). The Morgan fingerprint density at radius 1 is 1.40 bits per heavy atom. The zero-order valence-electron chi connectivity index (χ0n) is 12.3. The minimum atomic E-state index is -0.231. The quantitative estimate of drug-likeness (QED) is 0.596. The maximum atomic E-state index is 12.0. The Balaban J connectivity index is 1.89. The van der Waals surface area contributed by atoms with Crippen molar-refractivity contribution in [2.75, 3.05) is 6.61 Å². The summed E-state index contributed by atoms with van der Waals surface area (Å²) in [5, 5.41) is 0. The van der Waals surface area contributed by atoms with Crippen LogP contribution in [-0.2, 0) is 4.74 Å². The largest absolute Gasteiger partial charge is 0.458 e. The molecule has 0 spiro atoms. The van der Waals surface area contributed by atoms with E-state index in [0.29, 0.717) is 18.1 Å². The number of hydrogen-bond donors (Lipinski definition) is 0. The van der Waals surface area contributed by atoms with Gasteiger partial charge in [-0.05, 0) is 56.2 Å². The normalized spacial score (nSPS) is 18.3. The van der Waals surface area contributed by atoms with Gasteiger partial charge in [0.05, 0.1) is 5.56 Å².